The molecule has 0 atom stereocenters. The Morgan fingerprint density at radius 1 is 0.796 bits per heavy atom. The van der Waals surface area contributed by atoms with Crippen molar-refractivity contribution in [3.05, 3.63) is 100 Å². The maximum Gasteiger partial charge on any atom is 0.342 e. The number of hydrogen-bond acceptors (Lipinski definition) is 11. The van der Waals surface area contributed by atoms with Gasteiger partial charge in [0.2, 0.25) is 0 Å². The summed E-state index contributed by atoms with van der Waals surface area (Å²) in [5.74, 6) is -2.52. The number of carboxylic acid groups (broad SMARTS) is 2. The zero-order valence-corrected chi connectivity index (χ0v) is 29.9. The molecule has 0 bridgehead atoms. The van der Waals surface area contributed by atoms with Gasteiger partial charge in [-0.05, 0) is 52.7 Å². The first-order chi connectivity index (χ1) is 22.7. The minimum atomic E-state index is -0.833. The SMILES string of the molecule is CC(=O)O.CC(=O)O.CCOC(=O)C(/C(C)=N/OCc1ccccc1)=C(\C)N.CCOC(=O)c1c(C)nn(OCc2ccccc2)c1C.[Cu]. The molecule has 1 aromatic heterocycles. The summed E-state index contributed by atoms with van der Waals surface area (Å²) in [7, 11) is 0. The van der Waals surface area contributed by atoms with Gasteiger partial charge in [0.1, 0.15) is 24.4 Å². The van der Waals surface area contributed by atoms with E-state index in [0.29, 0.717) is 48.2 Å². The molecule has 0 spiro atoms. The molecule has 0 saturated heterocycles. The van der Waals surface area contributed by atoms with Crippen molar-refractivity contribution in [2.45, 2.75) is 68.6 Å². The molecule has 4 N–H and O–H groups in total. The van der Waals surface area contributed by atoms with Gasteiger partial charge in [0.25, 0.3) is 11.9 Å². The number of carbonyl (C=O) groups excluding carboxylic acids is 2. The molecule has 0 aliphatic carbocycles. The Balaban J connectivity index is 0. The molecular weight excluding hydrogens is 688 g/mol. The molecule has 0 aliphatic rings. The number of aryl methyl sites for hydroxylation is 1. The number of esters is 2. The smallest absolute Gasteiger partial charge is 0.342 e. The summed E-state index contributed by atoms with van der Waals surface area (Å²) < 4.78 is 9.96. The number of nitrogens with two attached hydrogens (primary N) is 1. The van der Waals surface area contributed by atoms with Gasteiger partial charge in [-0.15, -0.1) is 9.94 Å². The molecule has 1 radical (unpaired) electrons. The van der Waals surface area contributed by atoms with Crippen LogP contribution >= 0.6 is 0 Å². The number of benzene rings is 2. The van der Waals surface area contributed by atoms with Crippen LogP contribution < -0.4 is 10.6 Å². The van der Waals surface area contributed by atoms with E-state index >= 15 is 0 Å². The third kappa shape index (κ3) is 20.0. The fraction of sp³-hybridized carbons (Fsp3) is 0.353. The van der Waals surface area contributed by atoms with Crippen molar-refractivity contribution < 1.29 is 65.6 Å². The van der Waals surface area contributed by atoms with Crippen molar-refractivity contribution in [3.63, 3.8) is 0 Å². The molecule has 0 unspecified atom stereocenters. The average Bonchev–Trinajstić information content (AvgIpc) is 3.29. The number of nitrogens with zero attached hydrogens (tertiary/aromatic N) is 3. The van der Waals surface area contributed by atoms with Crippen LogP contribution in [0.5, 0.6) is 0 Å². The molecule has 0 amide bonds. The maximum absolute atomic E-state index is 11.8. The van der Waals surface area contributed by atoms with Gasteiger partial charge in [-0.1, -0.05) is 65.8 Å². The van der Waals surface area contributed by atoms with Crippen LogP contribution in [0.15, 0.2) is 77.1 Å². The maximum atomic E-state index is 11.8. The average molecular weight is 734 g/mol. The van der Waals surface area contributed by atoms with Crippen molar-refractivity contribution in [2.75, 3.05) is 13.2 Å². The number of carbonyl (C=O) groups is 4. The van der Waals surface area contributed by atoms with Crippen molar-refractivity contribution in [1.82, 2.24) is 9.94 Å². The summed E-state index contributed by atoms with van der Waals surface area (Å²) in [5, 5.41) is 23.0. The number of hydrogen-bond donors (Lipinski definition) is 3. The molecule has 2 aromatic carbocycles. The number of aliphatic carboxylic acids is 2. The summed E-state index contributed by atoms with van der Waals surface area (Å²) in [6.07, 6.45) is 0. The van der Waals surface area contributed by atoms with E-state index in [9.17, 15) is 9.59 Å². The van der Waals surface area contributed by atoms with Crippen LogP contribution in [0.1, 0.15) is 74.4 Å². The van der Waals surface area contributed by atoms with Crippen LogP contribution in [-0.2, 0) is 59.0 Å². The van der Waals surface area contributed by atoms with Crippen molar-refractivity contribution in [3.8, 4) is 0 Å². The Morgan fingerprint density at radius 2 is 1.24 bits per heavy atom. The van der Waals surface area contributed by atoms with E-state index in [0.717, 1.165) is 25.0 Å². The zero-order chi connectivity index (χ0) is 36.6. The van der Waals surface area contributed by atoms with Gasteiger partial charge >= 0.3 is 11.9 Å². The Bertz CT molecular complexity index is 1480. The Labute approximate surface area is 297 Å². The van der Waals surface area contributed by atoms with E-state index in [1.54, 1.807) is 41.5 Å². The molecule has 14 nitrogen and oxygen atoms in total. The topological polar surface area (TPSA) is 202 Å². The summed E-state index contributed by atoms with van der Waals surface area (Å²) in [6.45, 7) is 13.9. The Kier molecular flexibility index (Phi) is 24.3. The Hall–Kier alpha value is -5.14. The van der Waals surface area contributed by atoms with E-state index in [1.807, 2.05) is 60.7 Å². The van der Waals surface area contributed by atoms with Gasteiger partial charge in [0.15, 0.2) is 0 Å². The molecule has 49 heavy (non-hydrogen) atoms. The van der Waals surface area contributed by atoms with E-state index in [-0.39, 0.29) is 35.2 Å². The normalized spacial score (nSPS) is 10.4. The number of ether oxygens (including phenoxy) is 2. The largest absolute Gasteiger partial charge is 0.481 e. The van der Waals surface area contributed by atoms with Crippen LogP contribution in [-0.4, -0.2) is 63.0 Å². The molecule has 0 saturated carbocycles. The third-order valence-electron chi connectivity index (χ3n) is 5.44. The molecular formula is C34H46CuN4O10. The number of oxime groups is 1. The van der Waals surface area contributed by atoms with Crippen molar-refractivity contribution in [2.24, 2.45) is 10.9 Å². The van der Waals surface area contributed by atoms with E-state index in [4.69, 9.17) is 44.7 Å². The summed E-state index contributed by atoms with van der Waals surface area (Å²) in [5.41, 5.74) is 10.5. The standard InChI is InChI=1S/C15H18N2O3.C15H20N2O3.2C2H4O2.Cu/c1-4-19-15(18)14-11(2)16-17(12(14)3)20-10-13-8-6-5-7-9-13;1-4-19-15(18)14(11(2)16)12(3)17-20-10-13-8-6-5-7-9-13;2*1-2(3)4;/h5-9H,4,10H2,1-3H3;5-9H,4,10,16H2,1-3H3;2*1H3,(H,3,4);/b;14-11+,17-12+;;;. The molecule has 0 fully saturated rings. The van der Waals surface area contributed by atoms with Crippen LogP contribution in [0.3, 0.4) is 0 Å². The Morgan fingerprint density at radius 3 is 1.67 bits per heavy atom. The van der Waals surface area contributed by atoms with Crippen LogP contribution in [0, 0.1) is 13.8 Å². The molecule has 15 heteroatoms. The van der Waals surface area contributed by atoms with Crippen molar-refractivity contribution in [1.29, 1.82) is 0 Å². The summed E-state index contributed by atoms with van der Waals surface area (Å²) in [6, 6.07) is 19.4. The van der Waals surface area contributed by atoms with Crippen LogP contribution in [0.2, 0.25) is 0 Å². The van der Waals surface area contributed by atoms with E-state index in [1.165, 1.54) is 4.85 Å². The van der Waals surface area contributed by atoms with E-state index in [2.05, 4.69) is 10.3 Å². The minimum Gasteiger partial charge on any atom is -0.481 e. The third-order valence-corrected chi connectivity index (χ3v) is 5.44. The van der Waals surface area contributed by atoms with Crippen molar-refractivity contribution >= 4 is 29.6 Å². The second-order valence-corrected chi connectivity index (χ2v) is 9.65. The van der Waals surface area contributed by atoms with Gasteiger partial charge in [-0.2, -0.15) is 0 Å². The first kappa shape index (κ1) is 46.0. The number of aromatic nitrogens is 2. The fourth-order valence-corrected chi connectivity index (χ4v) is 3.57. The first-order valence-corrected chi connectivity index (χ1v) is 14.8. The predicted molar refractivity (Wildman–Crippen MR) is 179 cm³/mol. The van der Waals surface area contributed by atoms with Gasteiger partial charge in [0, 0.05) is 36.6 Å². The number of carboxylic acids is 2. The fourth-order valence-electron chi connectivity index (χ4n) is 3.57. The van der Waals surface area contributed by atoms with Crippen LogP contribution in [0.25, 0.3) is 0 Å². The number of allylic oxidation sites excluding steroid dienone is 1. The van der Waals surface area contributed by atoms with E-state index < -0.39 is 17.9 Å². The monoisotopic (exact) mass is 733 g/mol. The molecule has 1 heterocycles. The minimum absolute atomic E-state index is 0. The second-order valence-electron chi connectivity index (χ2n) is 9.65. The quantitative estimate of drug-likeness (QED) is 0.0796. The summed E-state index contributed by atoms with van der Waals surface area (Å²) in [4.78, 5) is 53.8. The molecule has 0 aliphatic heterocycles. The first-order valence-electron chi connectivity index (χ1n) is 14.8. The van der Waals surface area contributed by atoms with Gasteiger partial charge < -0.3 is 35.1 Å². The second kappa shape index (κ2) is 25.9. The van der Waals surface area contributed by atoms with Gasteiger partial charge in [0.05, 0.1) is 30.3 Å². The van der Waals surface area contributed by atoms with Gasteiger partial charge in [-0.25, -0.2) is 9.59 Å². The summed E-state index contributed by atoms with van der Waals surface area (Å²) >= 11 is 0. The zero-order valence-electron chi connectivity index (χ0n) is 29.0. The molecule has 3 aromatic rings. The van der Waals surface area contributed by atoms with Crippen LogP contribution in [0.4, 0.5) is 0 Å². The predicted octanol–water partition coefficient (Wildman–Crippen LogP) is 4.86. The van der Waals surface area contributed by atoms with Gasteiger partial charge in [-0.3, -0.25) is 9.59 Å². The number of rotatable bonds is 11. The molecule has 3 rings (SSSR count). The molecule has 273 valence electrons.